The van der Waals surface area contributed by atoms with Gasteiger partial charge >= 0.3 is 0 Å². The molecule has 0 spiro atoms. The van der Waals surface area contributed by atoms with Crippen molar-refractivity contribution in [2.75, 3.05) is 33.1 Å². The minimum atomic E-state index is 0.0422. The molecule has 15 heavy (non-hydrogen) atoms. The first-order valence-corrected chi connectivity index (χ1v) is 6.62. The highest BCUT2D eigenvalue weighted by molar-refractivity contribution is 7.99. The maximum Gasteiger partial charge on any atom is 0.235 e. The quantitative estimate of drug-likeness (QED) is 0.672. The maximum atomic E-state index is 12.0. The third-order valence-electron chi connectivity index (χ3n) is 2.16. The van der Waals surface area contributed by atoms with E-state index in [-0.39, 0.29) is 11.2 Å². The Balaban J connectivity index is 4.26. The van der Waals surface area contributed by atoms with Gasteiger partial charge in [-0.05, 0) is 19.1 Å². The van der Waals surface area contributed by atoms with Crippen molar-refractivity contribution in [3.8, 4) is 0 Å². The molecule has 1 amide bonds. The zero-order valence-corrected chi connectivity index (χ0v) is 11.3. The van der Waals surface area contributed by atoms with E-state index in [1.165, 1.54) is 0 Å². The number of methoxy groups -OCH3 is 1. The first-order valence-electron chi connectivity index (χ1n) is 5.33. The standard InChI is InChI=1S/C11H23NO2S/c1-9(2)8-12(6-7-14-4)11(13)10(3)15-5/h9-10H,6-8H2,1-5H3. The van der Waals surface area contributed by atoms with Crippen molar-refractivity contribution in [2.24, 2.45) is 5.92 Å². The predicted octanol–water partition coefficient (Wildman–Crippen LogP) is 1.87. The van der Waals surface area contributed by atoms with E-state index in [9.17, 15) is 4.79 Å². The summed E-state index contributed by atoms with van der Waals surface area (Å²) in [5.74, 6) is 0.716. The lowest BCUT2D eigenvalue weighted by molar-refractivity contribution is -0.131. The Morgan fingerprint density at radius 2 is 2.00 bits per heavy atom. The largest absolute Gasteiger partial charge is 0.383 e. The number of rotatable bonds is 7. The number of carbonyl (C=O) groups excluding carboxylic acids is 1. The molecule has 0 aromatic heterocycles. The zero-order chi connectivity index (χ0) is 11.8. The van der Waals surface area contributed by atoms with E-state index in [1.54, 1.807) is 18.9 Å². The Labute approximate surface area is 97.5 Å². The van der Waals surface area contributed by atoms with Gasteiger partial charge in [0, 0.05) is 20.2 Å². The third kappa shape index (κ3) is 6.05. The van der Waals surface area contributed by atoms with E-state index in [0.717, 1.165) is 6.54 Å². The molecule has 0 saturated carbocycles. The van der Waals surface area contributed by atoms with Crippen LogP contribution in [0.2, 0.25) is 0 Å². The van der Waals surface area contributed by atoms with E-state index in [2.05, 4.69) is 13.8 Å². The Morgan fingerprint density at radius 3 is 2.40 bits per heavy atom. The van der Waals surface area contributed by atoms with Gasteiger partial charge in [-0.1, -0.05) is 13.8 Å². The highest BCUT2D eigenvalue weighted by Gasteiger charge is 2.19. The second-order valence-electron chi connectivity index (χ2n) is 4.05. The van der Waals surface area contributed by atoms with Crippen molar-refractivity contribution in [3.63, 3.8) is 0 Å². The molecule has 0 heterocycles. The van der Waals surface area contributed by atoms with Crippen molar-refractivity contribution in [1.29, 1.82) is 0 Å². The number of hydrogen-bond donors (Lipinski definition) is 0. The Hall–Kier alpha value is -0.220. The van der Waals surface area contributed by atoms with Crippen LogP contribution in [0, 0.1) is 5.92 Å². The number of carbonyl (C=O) groups is 1. The van der Waals surface area contributed by atoms with E-state index in [0.29, 0.717) is 19.1 Å². The number of amides is 1. The molecule has 3 nitrogen and oxygen atoms in total. The van der Waals surface area contributed by atoms with Crippen molar-refractivity contribution in [3.05, 3.63) is 0 Å². The second kappa shape index (κ2) is 7.99. The van der Waals surface area contributed by atoms with Crippen molar-refractivity contribution in [1.82, 2.24) is 4.90 Å². The van der Waals surface area contributed by atoms with Gasteiger partial charge in [0.15, 0.2) is 0 Å². The van der Waals surface area contributed by atoms with Crippen LogP contribution in [0.5, 0.6) is 0 Å². The van der Waals surface area contributed by atoms with Gasteiger partial charge in [-0.15, -0.1) is 0 Å². The zero-order valence-electron chi connectivity index (χ0n) is 10.4. The Kier molecular flexibility index (Phi) is 7.88. The first-order chi connectivity index (χ1) is 7.02. The molecule has 0 rings (SSSR count). The van der Waals surface area contributed by atoms with E-state index >= 15 is 0 Å². The summed E-state index contributed by atoms with van der Waals surface area (Å²) in [4.78, 5) is 13.9. The highest BCUT2D eigenvalue weighted by Crippen LogP contribution is 2.10. The molecule has 0 aliphatic heterocycles. The van der Waals surface area contributed by atoms with Gasteiger partial charge in [-0.3, -0.25) is 4.79 Å². The fourth-order valence-corrected chi connectivity index (χ4v) is 1.64. The highest BCUT2D eigenvalue weighted by atomic mass is 32.2. The molecule has 0 aliphatic rings. The Morgan fingerprint density at radius 1 is 1.40 bits per heavy atom. The Bertz CT molecular complexity index is 185. The van der Waals surface area contributed by atoms with Crippen LogP contribution in [0.4, 0.5) is 0 Å². The molecule has 0 bridgehead atoms. The molecule has 1 atom stereocenters. The molecule has 0 aliphatic carbocycles. The molecular weight excluding hydrogens is 210 g/mol. The molecule has 0 N–H and O–H groups in total. The summed E-state index contributed by atoms with van der Waals surface area (Å²) in [5, 5.41) is 0.0422. The van der Waals surface area contributed by atoms with E-state index < -0.39 is 0 Å². The monoisotopic (exact) mass is 233 g/mol. The van der Waals surface area contributed by atoms with Crippen LogP contribution in [-0.2, 0) is 9.53 Å². The topological polar surface area (TPSA) is 29.5 Å². The molecule has 0 fully saturated rings. The van der Waals surface area contributed by atoms with Gasteiger partial charge in [0.1, 0.15) is 0 Å². The molecule has 0 aromatic carbocycles. The van der Waals surface area contributed by atoms with Gasteiger partial charge < -0.3 is 9.64 Å². The van der Waals surface area contributed by atoms with Crippen LogP contribution in [-0.4, -0.2) is 49.1 Å². The second-order valence-corrected chi connectivity index (χ2v) is 5.23. The summed E-state index contributed by atoms with van der Waals surface area (Å²) in [6.45, 7) is 8.31. The number of thioether (sulfide) groups is 1. The van der Waals surface area contributed by atoms with Crippen LogP contribution < -0.4 is 0 Å². The van der Waals surface area contributed by atoms with Gasteiger partial charge in [0.2, 0.25) is 5.91 Å². The number of ether oxygens (including phenoxy) is 1. The van der Waals surface area contributed by atoms with Crippen LogP contribution in [0.15, 0.2) is 0 Å². The van der Waals surface area contributed by atoms with E-state index in [4.69, 9.17) is 4.74 Å². The van der Waals surface area contributed by atoms with Gasteiger partial charge in [-0.2, -0.15) is 11.8 Å². The van der Waals surface area contributed by atoms with E-state index in [1.807, 2.05) is 18.1 Å². The molecule has 4 heteroatoms. The average molecular weight is 233 g/mol. The minimum absolute atomic E-state index is 0.0422. The van der Waals surface area contributed by atoms with Gasteiger partial charge in [-0.25, -0.2) is 0 Å². The molecule has 0 saturated heterocycles. The summed E-state index contributed by atoms with van der Waals surface area (Å²) in [7, 11) is 1.66. The van der Waals surface area contributed by atoms with Crippen LogP contribution in [0.3, 0.4) is 0 Å². The predicted molar refractivity (Wildman–Crippen MR) is 66.3 cm³/mol. The third-order valence-corrected chi connectivity index (χ3v) is 3.07. The lowest BCUT2D eigenvalue weighted by Crippen LogP contribution is -2.40. The fourth-order valence-electron chi connectivity index (χ4n) is 1.29. The summed E-state index contributed by atoms with van der Waals surface area (Å²) >= 11 is 1.59. The minimum Gasteiger partial charge on any atom is -0.383 e. The molecular formula is C11H23NO2S. The molecule has 0 radical (unpaired) electrons. The first kappa shape index (κ1) is 14.8. The lowest BCUT2D eigenvalue weighted by Gasteiger charge is -2.26. The summed E-state index contributed by atoms with van der Waals surface area (Å²) in [6, 6.07) is 0. The fraction of sp³-hybridized carbons (Fsp3) is 0.909. The van der Waals surface area contributed by atoms with Crippen molar-refractivity contribution in [2.45, 2.75) is 26.0 Å². The molecule has 0 aromatic rings. The molecule has 1 unspecified atom stereocenters. The average Bonchev–Trinajstić information content (AvgIpc) is 2.21. The van der Waals surface area contributed by atoms with Crippen LogP contribution in [0.25, 0.3) is 0 Å². The van der Waals surface area contributed by atoms with Crippen LogP contribution >= 0.6 is 11.8 Å². The van der Waals surface area contributed by atoms with Gasteiger partial charge in [0.25, 0.3) is 0 Å². The SMILES string of the molecule is COCCN(CC(C)C)C(=O)C(C)SC. The van der Waals surface area contributed by atoms with Crippen molar-refractivity contribution >= 4 is 17.7 Å². The van der Waals surface area contributed by atoms with Gasteiger partial charge in [0.05, 0.1) is 11.9 Å². The lowest BCUT2D eigenvalue weighted by atomic mass is 10.2. The van der Waals surface area contributed by atoms with Crippen LogP contribution in [0.1, 0.15) is 20.8 Å². The summed E-state index contributed by atoms with van der Waals surface area (Å²) in [5.41, 5.74) is 0. The molecule has 90 valence electrons. The normalized spacial score (nSPS) is 12.9. The number of hydrogen-bond acceptors (Lipinski definition) is 3. The van der Waals surface area contributed by atoms with Crippen molar-refractivity contribution < 1.29 is 9.53 Å². The number of nitrogens with zero attached hydrogens (tertiary/aromatic N) is 1. The smallest absolute Gasteiger partial charge is 0.235 e. The summed E-state index contributed by atoms with van der Waals surface area (Å²) < 4.78 is 5.02. The summed E-state index contributed by atoms with van der Waals surface area (Å²) in [6.07, 6.45) is 1.96. The maximum absolute atomic E-state index is 12.0.